The maximum Gasteiger partial charge on any atom is 0.404 e. The first-order chi connectivity index (χ1) is 20.6. The molecule has 0 spiro atoms. The van der Waals surface area contributed by atoms with Gasteiger partial charge in [0.1, 0.15) is 5.82 Å². The van der Waals surface area contributed by atoms with Crippen molar-refractivity contribution in [1.82, 2.24) is 35.3 Å². The summed E-state index contributed by atoms with van der Waals surface area (Å²) in [6, 6.07) is 9.89. The van der Waals surface area contributed by atoms with Crippen LogP contribution in [0, 0.1) is 13.8 Å². The van der Waals surface area contributed by atoms with Gasteiger partial charge in [-0.2, -0.15) is 5.10 Å². The number of nitrogens with one attached hydrogen (secondary N) is 3. The predicted octanol–water partition coefficient (Wildman–Crippen LogP) is 3.30. The summed E-state index contributed by atoms with van der Waals surface area (Å²) >= 11 is 0. The number of carboxylic acid groups (broad SMARTS) is 1. The number of aromatic nitrogens is 4. The Labute approximate surface area is 249 Å². The van der Waals surface area contributed by atoms with Gasteiger partial charge in [0.2, 0.25) is 0 Å². The molecule has 43 heavy (non-hydrogen) atoms. The molecule has 0 bridgehead atoms. The van der Waals surface area contributed by atoms with Crippen molar-refractivity contribution in [2.75, 3.05) is 44.2 Å². The molecule has 3 aromatic heterocycles. The maximum atomic E-state index is 13.6. The van der Waals surface area contributed by atoms with Crippen molar-refractivity contribution in [2.45, 2.75) is 40.3 Å². The van der Waals surface area contributed by atoms with Gasteiger partial charge in [0.05, 0.1) is 17.3 Å². The highest BCUT2D eigenvalue weighted by molar-refractivity contribution is 6.08. The Bertz CT molecular complexity index is 1680. The Morgan fingerprint density at radius 1 is 1.02 bits per heavy atom. The summed E-state index contributed by atoms with van der Waals surface area (Å²) in [4.78, 5) is 48.8. The number of piperazine rings is 1. The van der Waals surface area contributed by atoms with E-state index < -0.39 is 6.09 Å². The zero-order valence-electron chi connectivity index (χ0n) is 25.0. The van der Waals surface area contributed by atoms with Crippen LogP contribution >= 0.6 is 0 Å². The molecule has 0 unspecified atom stereocenters. The summed E-state index contributed by atoms with van der Waals surface area (Å²) in [5.74, 6) is 0.590. The minimum Gasteiger partial charge on any atom is -0.465 e. The van der Waals surface area contributed by atoms with Gasteiger partial charge in [-0.25, -0.2) is 9.78 Å². The molecule has 2 amide bonds. The molecular weight excluding hydrogens is 548 g/mol. The van der Waals surface area contributed by atoms with Crippen molar-refractivity contribution in [1.29, 1.82) is 0 Å². The predicted molar refractivity (Wildman–Crippen MR) is 166 cm³/mol. The van der Waals surface area contributed by atoms with E-state index in [1.165, 1.54) is 0 Å². The Balaban J connectivity index is 1.36. The van der Waals surface area contributed by atoms with E-state index in [1.807, 2.05) is 68.9 Å². The van der Waals surface area contributed by atoms with Gasteiger partial charge in [0.25, 0.3) is 11.5 Å². The van der Waals surface area contributed by atoms with Crippen molar-refractivity contribution in [2.24, 2.45) is 0 Å². The molecular formula is C31H38N8O4. The van der Waals surface area contributed by atoms with E-state index in [-0.39, 0.29) is 24.1 Å². The normalized spacial score (nSPS) is 13.9. The van der Waals surface area contributed by atoms with Gasteiger partial charge in [-0.15, -0.1) is 0 Å². The molecule has 1 aromatic carbocycles. The summed E-state index contributed by atoms with van der Waals surface area (Å²) in [6.45, 7) is 12.2. The fourth-order valence-electron chi connectivity index (χ4n) is 5.54. The van der Waals surface area contributed by atoms with E-state index >= 15 is 0 Å². The zero-order valence-corrected chi connectivity index (χ0v) is 25.0. The first-order valence-corrected chi connectivity index (χ1v) is 14.5. The van der Waals surface area contributed by atoms with Gasteiger partial charge in [0.15, 0.2) is 0 Å². The number of amides is 2. The van der Waals surface area contributed by atoms with Crippen molar-refractivity contribution in [3.8, 4) is 11.1 Å². The third-order valence-electron chi connectivity index (χ3n) is 7.85. The van der Waals surface area contributed by atoms with E-state index in [4.69, 9.17) is 10.1 Å². The molecule has 0 saturated carbocycles. The van der Waals surface area contributed by atoms with E-state index in [0.29, 0.717) is 24.2 Å². The van der Waals surface area contributed by atoms with Gasteiger partial charge >= 0.3 is 6.09 Å². The Morgan fingerprint density at radius 2 is 1.79 bits per heavy atom. The number of fused-ring (bicyclic) bond motifs is 1. The van der Waals surface area contributed by atoms with Crippen LogP contribution in [0.2, 0.25) is 0 Å². The smallest absolute Gasteiger partial charge is 0.404 e. The summed E-state index contributed by atoms with van der Waals surface area (Å²) in [7, 11) is 0. The SMILES string of the molecule is Cc1cc(C)c(CNC(=O)c2cc(-c3ccc(N4CCN(CCNC(=O)O)CC4)nc3)cc3c2cnn3C(C)C)c(=O)[nH]1. The van der Waals surface area contributed by atoms with Gasteiger partial charge < -0.3 is 25.6 Å². The Kier molecular flexibility index (Phi) is 8.76. The number of carbonyl (C=O) groups is 2. The molecule has 4 heterocycles. The lowest BCUT2D eigenvalue weighted by Gasteiger charge is -2.35. The van der Waals surface area contributed by atoms with Crippen molar-refractivity contribution >= 4 is 28.7 Å². The second-order valence-corrected chi connectivity index (χ2v) is 11.2. The molecule has 1 saturated heterocycles. The standard InChI is InChI=1S/C31H38N8O4/c1-19(2)39-27-15-23(22-5-6-28(33-16-22)38-11-9-37(10-12-38)8-7-32-31(42)43)14-24(26(27)18-35-39)29(40)34-17-25-20(3)13-21(4)36-30(25)41/h5-6,13-16,18-19,32H,7-12,17H2,1-4H3,(H,34,40)(H,36,41)(H,42,43). The molecule has 5 rings (SSSR count). The molecule has 0 aliphatic carbocycles. The number of anilines is 1. The number of carbonyl (C=O) groups excluding carboxylic acids is 1. The molecule has 1 aliphatic rings. The van der Waals surface area contributed by atoms with Crippen molar-refractivity contribution < 1.29 is 14.7 Å². The minimum absolute atomic E-state index is 0.0940. The van der Waals surface area contributed by atoms with E-state index in [0.717, 1.165) is 65.3 Å². The molecule has 1 aliphatic heterocycles. The van der Waals surface area contributed by atoms with Gasteiger partial charge in [-0.1, -0.05) is 0 Å². The number of nitrogens with zero attached hydrogens (tertiary/aromatic N) is 5. The number of hydrogen-bond acceptors (Lipinski definition) is 7. The topological polar surface area (TPSA) is 148 Å². The molecule has 12 nitrogen and oxygen atoms in total. The van der Waals surface area contributed by atoms with Crippen molar-refractivity contribution in [3.05, 3.63) is 75.5 Å². The molecule has 0 atom stereocenters. The highest BCUT2D eigenvalue weighted by Gasteiger charge is 2.20. The zero-order chi connectivity index (χ0) is 30.7. The molecule has 4 N–H and O–H groups in total. The molecule has 0 radical (unpaired) electrons. The lowest BCUT2D eigenvalue weighted by atomic mass is 10.0. The first-order valence-electron chi connectivity index (χ1n) is 14.5. The molecule has 1 fully saturated rings. The quantitative estimate of drug-likeness (QED) is 0.234. The summed E-state index contributed by atoms with van der Waals surface area (Å²) in [5.41, 5.74) is 4.99. The molecule has 4 aromatic rings. The van der Waals surface area contributed by atoms with E-state index in [2.05, 4.69) is 30.5 Å². The highest BCUT2D eigenvalue weighted by Crippen LogP contribution is 2.30. The van der Waals surface area contributed by atoms with Crippen LogP contribution in [0.15, 0.2) is 47.5 Å². The van der Waals surface area contributed by atoms with E-state index in [1.54, 1.807) is 6.20 Å². The number of hydrogen-bond donors (Lipinski definition) is 4. The van der Waals surface area contributed by atoms with Crippen LogP contribution in [0.25, 0.3) is 22.0 Å². The number of benzene rings is 1. The third kappa shape index (κ3) is 6.69. The van der Waals surface area contributed by atoms with Crippen LogP contribution in [-0.2, 0) is 6.54 Å². The largest absolute Gasteiger partial charge is 0.465 e. The maximum absolute atomic E-state index is 13.6. The lowest BCUT2D eigenvalue weighted by Crippen LogP contribution is -2.48. The lowest BCUT2D eigenvalue weighted by molar-refractivity contribution is 0.0952. The van der Waals surface area contributed by atoms with Crippen LogP contribution in [0.5, 0.6) is 0 Å². The number of aromatic amines is 1. The number of aryl methyl sites for hydroxylation is 2. The summed E-state index contributed by atoms with van der Waals surface area (Å²) < 4.78 is 1.90. The molecule has 12 heteroatoms. The number of pyridine rings is 2. The van der Waals surface area contributed by atoms with Crippen LogP contribution in [0.4, 0.5) is 10.6 Å². The van der Waals surface area contributed by atoms with Crippen LogP contribution in [0.3, 0.4) is 0 Å². The second-order valence-electron chi connectivity index (χ2n) is 11.2. The van der Waals surface area contributed by atoms with Gasteiger partial charge in [-0.3, -0.25) is 19.2 Å². The van der Waals surface area contributed by atoms with Crippen LogP contribution in [0.1, 0.15) is 47.1 Å². The number of H-pyrrole nitrogens is 1. The van der Waals surface area contributed by atoms with Crippen LogP contribution in [-0.4, -0.2) is 81.0 Å². The van der Waals surface area contributed by atoms with E-state index in [9.17, 15) is 14.4 Å². The highest BCUT2D eigenvalue weighted by atomic mass is 16.4. The first kappa shape index (κ1) is 29.8. The fraction of sp³-hybridized carbons (Fsp3) is 0.387. The Morgan fingerprint density at radius 3 is 2.44 bits per heavy atom. The number of rotatable bonds is 9. The third-order valence-corrected chi connectivity index (χ3v) is 7.85. The fourth-order valence-corrected chi connectivity index (χ4v) is 5.54. The van der Waals surface area contributed by atoms with Crippen molar-refractivity contribution in [3.63, 3.8) is 0 Å². The summed E-state index contributed by atoms with van der Waals surface area (Å²) in [6.07, 6.45) is 2.54. The average Bonchev–Trinajstić information content (AvgIpc) is 3.41. The summed E-state index contributed by atoms with van der Waals surface area (Å²) in [5, 5.41) is 19.4. The average molecular weight is 587 g/mol. The second kappa shape index (κ2) is 12.7. The van der Waals surface area contributed by atoms with Gasteiger partial charge in [-0.05, 0) is 69.2 Å². The van der Waals surface area contributed by atoms with Crippen LogP contribution < -0.4 is 21.1 Å². The monoisotopic (exact) mass is 586 g/mol. The molecule has 226 valence electrons. The minimum atomic E-state index is -1.00. The van der Waals surface area contributed by atoms with Gasteiger partial charge in [0, 0.05) is 80.3 Å². The Hall–Kier alpha value is -4.71.